The molecule has 4 heteroatoms. The summed E-state index contributed by atoms with van der Waals surface area (Å²) in [4.78, 5) is 13.9. The van der Waals surface area contributed by atoms with Gasteiger partial charge in [0.25, 0.3) is 0 Å². The van der Waals surface area contributed by atoms with Crippen LogP contribution in [0.5, 0.6) is 0 Å². The number of amides is 1. The van der Waals surface area contributed by atoms with Gasteiger partial charge in [-0.1, -0.05) is 12.2 Å². The Labute approximate surface area is 110 Å². The lowest BCUT2D eigenvalue weighted by Crippen LogP contribution is -2.45. The van der Waals surface area contributed by atoms with Gasteiger partial charge in [0, 0.05) is 13.7 Å². The van der Waals surface area contributed by atoms with Crippen LogP contribution in [0, 0.1) is 0 Å². The lowest BCUT2D eigenvalue weighted by atomic mass is 10.0. The minimum atomic E-state index is -0.435. The molecule has 0 aromatic carbocycles. The van der Waals surface area contributed by atoms with Crippen LogP contribution in [-0.4, -0.2) is 42.9 Å². The van der Waals surface area contributed by atoms with E-state index in [1.807, 2.05) is 37.8 Å². The summed E-state index contributed by atoms with van der Waals surface area (Å²) in [5.74, 6) is 0. The summed E-state index contributed by atoms with van der Waals surface area (Å²) in [7, 11) is 1.66. The minimum Gasteiger partial charge on any atom is -0.444 e. The van der Waals surface area contributed by atoms with Crippen LogP contribution in [0.15, 0.2) is 12.2 Å². The average Bonchev–Trinajstić information content (AvgIpc) is 2.27. The topological polar surface area (TPSA) is 38.8 Å². The Morgan fingerprint density at radius 1 is 1.39 bits per heavy atom. The van der Waals surface area contributed by atoms with E-state index < -0.39 is 5.60 Å². The molecule has 1 amide bonds. The Balaban J connectivity index is 2.61. The standard InChI is InChI=1S/C14H25NO3/c1-14(2,3)18-13(16)15-10-6-5-8-12(15)9-7-11-17-4/h7,9,12H,5-6,8,10-11H2,1-4H3/b9-7-/t12-/m0/s1. The fraction of sp³-hybridized carbons (Fsp3) is 0.786. The van der Waals surface area contributed by atoms with Gasteiger partial charge in [-0.05, 0) is 40.0 Å². The van der Waals surface area contributed by atoms with E-state index in [1.54, 1.807) is 7.11 Å². The van der Waals surface area contributed by atoms with Crippen molar-refractivity contribution in [2.45, 2.75) is 51.7 Å². The third kappa shape index (κ3) is 5.08. The van der Waals surface area contributed by atoms with Crippen LogP contribution in [0.4, 0.5) is 4.79 Å². The van der Waals surface area contributed by atoms with Crippen molar-refractivity contribution in [2.75, 3.05) is 20.3 Å². The van der Waals surface area contributed by atoms with Crippen molar-refractivity contribution in [1.29, 1.82) is 0 Å². The van der Waals surface area contributed by atoms with Crippen molar-refractivity contribution in [3.8, 4) is 0 Å². The molecule has 0 aromatic rings. The smallest absolute Gasteiger partial charge is 0.410 e. The quantitative estimate of drug-likeness (QED) is 0.728. The molecule has 1 fully saturated rings. The van der Waals surface area contributed by atoms with Gasteiger partial charge in [0.1, 0.15) is 5.60 Å². The Hall–Kier alpha value is -1.03. The van der Waals surface area contributed by atoms with Crippen LogP contribution in [-0.2, 0) is 9.47 Å². The molecule has 1 heterocycles. The Kier molecular flexibility index (Phi) is 5.66. The monoisotopic (exact) mass is 255 g/mol. The van der Waals surface area contributed by atoms with Gasteiger partial charge in [-0.15, -0.1) is 0 Å². The number of rotatable bonds is 3. The molecule has 0 aromatic heterocycles. The Morgan fingerprint density at radius 3 is 2.72 bits per heavy atom. The highest BCUT2D eigenvalue weighted by Gasteiger charge is 2.28. The first-order chi connectivity index (χ1) is 8.44. The van der Waals surface area contributed by atoms with Gasteiger partial charge in [0.2, 0.25) is 0 Å². The SMILES string of the molecule is COC/C=C\[C@@H]1CCCCN1C(=O)OC(C)(C)C. The normalized spacial score (nSPS) is 21.3. The molecule has 1 aliphatic rings. The Morgan fingerprint density at radius 2 is 2.11 bits per heavy atom. The molecule has 0 spiro atoms. The molecule has 1 saturated heterocycles. The number of carbonyl (C=O) groups is 1. The maximum Gasteiger partial charge on any atom is 0.410 e. The number of nitrogens with zero attached hydrogens (tertiary/aromatic N) is 1. The highest BCUT2D eigenvalue weighted by atomic mass is 16.6. The third-order valence-corrected chi connectivity index (χ3v) is 2.80. The van der Waals surface area contributed by atoms with Crippen molar-refractivity contribution in [1.82, 2.24) is 4.90 Å². The molecule has 0 N–H and O–H groups in total. The number of ether oxygens (including phenoxy) is 2. The average molecular weight is 255 g/mol. The van der Waals surface area contributed by atoms with E-state index in [1.165, 1.54) is 0 Å². The lowest BCUT2D eigenvalue weighted by Gasteiger charge is -2.35. The zero-order valence-electron chi connectivity index (χ0n) is 11.9. The van der Waals surface area contributed by atoms with Gasteiger partial charge >= 0.3 is 6.09 Å². The molecule has 1 rings (SSSR count). The molecular formula is C14H25NO3. The molecular weight excluding hydrogens is 230 g/mol. The van der Waals surface area contributed by atoms with Gasteiger partial charge in [-0.2, -0.15) is 0 Å². The van der Waals surface area contributed by atoms with Gasteiger partial charge < -0.3 is 14.4 Å². The second kappa shape index (κ2) is 6.78. The Bertz CT molecular complexity index is 294. The first-order valence-electron chi connectivity index (χ1n) is 6.59. The minimum absolute atomic E-state index is 0.142. The van der Waals surface area contributed by atoms with Gasteiger partial charge in [-0.25, -0.2) is 4.79 Å². The molecule has 4 nitrogen and oxygen atoms in total. The van der Waals surface area contributed by atoms with Gasteiger partial charge in [0.15, 0.2) is 0 Å². The number of piperidine rings is 1. The fourth-order valence-electron chi connectivity index (χ4n) is 2.01. The number of hydrogen-bond donors (Lipinski definition) is 0. The molecule has 104 valence electrons. The maximum atomic E-state index is 12.1. The summed E-state index contributed by atoms with van der Waals surface area (Å²) in [6.07, 6.45) is 7.00. The summed E-state index contributed by atoms with van der Waals surface area (Å²) in [6.45, 7) is 7.04. The van der Waals surface area contributed by atoms with Crippen LogP contribution < -0.4 is 0 Å². The highest BCUT2D eigenvalue weighted by Crippen LogP contribution is 2.21. The number of likely N-dealkylation sites (tertiary alicyclic amines) is 1. The van der Waals surface area contributed by atoms with Crippen molar-refractivity contribution in [2.24, 2.45) is 0 Å². The predicted molar refractivity (Wildman–Crippen MR) is 71.6 cm³/mol. The summed E-state index contributed by atoms with van der Waals surface area (Å²) in [5.41, 5.74) is -0.435. The summed E-state index contributed by atoms with van der Waals surface area (Å²) in [5, 5.41) is 0. The fourth-order valence-corrected chi connectivity index (χ4v) is 2.01. The van der Waals surface area contributed by atoms with Crippen LogP contribution in [0.3, 0.4) is 0 Å². The first-order valence-corrected chi connectivity index (χ1v) is 6.59. The zero-order valence-corrected chi connectivity index (χ0v) is 11.9. The van der Waals surface area contributed by atoms with E-state index in [0.29, 0.717) is 6.61 Å². The summed E-state index contributed by atoms with van der Waals surface area (Å²) >= 11 is 0. The third-order valence-electron chi connectivity index (χ3n) is 2.80. The molecule has 0 saturated carbocycles. The second-order valence-electron chi connectivity index (χ2n) is 5.62. The molecule has 1 atom stereocenters. The van der Waals surface area contributed by atoms with Crippen LogP contribution in [0.2, 0.25) is 0 Å². The summed E-state index contributed by atoms with van der Waals surface area (Å²) < 4.78 is 10.4. The molecule has 18 heavy (non-hydrogen) atoms. The molecule has 0 unspecified atom stereocenters. The van der Waals surface area contributed by atoms with Crippen LogP contribution >= 0.6 is 0 Å². The number of carbonyl (C=O) groups excluding carboxylic acids is 1. The van der Waals surface area contributed by atoms with Crippen LogP contribution in [0.25, 0.3) is 0 Å². The van der Waals surface area contributed by atoms with Crippen molar-refractivity contribution in [3.63, 3.8) is 0 Å². The zero-order chi connectivity index (χ0) is 13.6. The highest BCUT2D eigenvalue weighted by molar-refractivity contribution is 5.69. The molecule has 0 radical (unpaired) electrons. The van der Waals surface area contributed by atoms with E-state index in [4.69, 9.17) is 9.47 Å². The van der Waals surface area contributed by atoms with E-state index in [-0.39, 0.29) is 12.1 Å². The predicted octanol–water partition coefficient (Wildman–Crippen LogP) is 2.98. The van der Waals surface area contributed by atoms with E-state index in [2.05, 4.69) is 0 Å². The van der Waals surface area contributed by atoms with Crippen LogP contribution in [0.1, 0.15) is 40.0 Å². The molecule has 0 bridgehead atoms. The number of hydrogen-bond acceptors (Lipinski definition) is 3. The van der Waals surface area contributed by atoms with Gasteiger partial charge in [-0.3, -0.25) is 0 Å². The molecule has 1 aliphatic heterocycles. The van der Waals surface area contributed by atoms with E-state index in [9.17, 15) is 4.79 Å². The van der Waals surface area contributed by atoms with E-state index in [0.717, 1.165) is 25.8 Å². The summed E-state index contributed by atoms with van der Waals surface area (Å²) in [6, 6.07) is 0.142. The molecule has 0 aliphatic carbocycles. The lowest BCUT2D eigenvalue weighted by molar-refractivity contribution is 0.0149. The first kappa shape index (κ1) is 15.0. The largest absolute Gasteiger partial charge is 0.444 e. The second-order valence-corrected chi connectivity index (χ2v) is 5.62. The van der Waals surface area contributed by atoms with Crippen molar-refractivity contribution >= 4 is 6.09 Å². The maximum absolute atomic E-state index is 12.1. The van der Waals surface area contributed by atoms with Crippen molar-refractivity contribution in [3.05, 3.63) is 12.2 Å². The van der Waals surface area contributed by atoms with E-state index >= 15 is 0 Å². The van der Waals surface area contributed by atoms with Crippen molar-refractivity contribution < 1.29 is 14.3 Å². The van der Waals surface area contributed by atoms with Gasteiger partial charge in [0.05, 0.1) is 12.6 Å². The number of methoxy groups -OCH3 is 1.